The lowest BCUT2D eigenvalue weighted by Gasteiger charge is -2.10. The maximum atomic E-state index is 12.8. The predicted octanol–water partition coefficient (Wildman–Crippen LogP) is 5.83. The van der Waals surface area contributed by atoms with Crippen molar-refractivity contribution in [3.63, 3.8) is 0 Å². The molecule has 0 spiro atoms. The Kier molecular flexibility index (Phi) is 5.40. The van der Waals surface area contributed by atoms with Gasteiger partial charge in [0, 0.05) is 11.1 Å². The van der Waals surface area contributed by atoms with Crippen LogP contribution in [0.25, 0.3) is 11.0 Å². The fraction of sp³-hybridized carbons (Fsp3) is 0.0870. The van der Waals surface area contributed by atoms with Crippen molar-refractivity contribution in [2.45, 2.75) is 6.61 Å². The minimum absolute atomic E-state index is 0.0783. The first-order valence-electron chi connectivity index (χ1n) is 8.88. The second-order valence-electron chi connectivity index (χ2n) is 6.26. The van der Waals surface area contributed by atoms with Crippen molar-refractivity contribution in [1.82, 2.24) is 0 Å². The number of hydrogen-bond donors (Lipinski definition) is 0. The maximum absolute atomic E-state index is 12.8. The topological polar surface area (TPSA) is 57.9 Å². The van der Waals surface area contributed by atoms with Crippen LogP contribution in [0.15, 0.2) is 82.2 Å². The van der Waals surface area contributed by atoms with Crippen molar-refractivity contribution in [2.75, 3.05) is 7.11 Å². The van der Waals surface area contributed by atoms with Crippen LogP contribution in [0, 0.1) is 0 Å². The number of benzene rings is 3. The molecule has 0 aliphatic heterocycles. The van der Waals surface area contributed by atoms with E-state index in [1.165, 1.54) is 13.4 Å². The van der Waals surface area contributed by atoms with E-state index in [0.717, 1.165) is 5.56 Å². The fourth-order valence-electron chi connectivity index (χ4n) is 2.87. The van der Waals surface area contributed by atoms with E-state index < -0.39 is 0 Å². The van der Waals surface area contributed by atoms with Crippen molar-refractivity contribution >= 4 is 22.6 Å². The second-order valence-corrected chi connectivity index (χ2v) is 6.69. The van der Waals surface area contributed by atoms with Crippen LogP contribution < -0.4 is 19.6 Å². The third-order valence-corrected chi connectivity index (χ3v) is 4.53. The molecule has 0 N–H and O–H groups in total. The first-order chi connectivity index (χ1) is 14.1. The van der Waals surface area contributed by atoms with Gasteiger partial charge >= 0.3 is 0 Å². The third kappa shape index (κ3) is 4.20. The largest absolute Gasteiger partial charge is 0.493 e. The van der Waals surface area contributed by atoms with Crippen LogP contribution in [-0.2, 0) is 6.61 Å². The number of hydrogen-bond acceptors (Lipinski definition) is 5. The Morgan fingerprint density at radius 3 is 2.55 bits per heavy atom. The standard InChI is InChI=1S/C23H17ClO5/c1-26-19-7-2-3-8-20(19)29-22-14-28-21-12-17(9-10-18(21)23(22)25)27-13-15-5-4-6-16(24)11-15/h2-12,14H,13H2,1H3. The molecule has 29 heavy (non-hydrogen) atoms. The Balaban J connectivity index is 1.57. The summed E-state index contributed by atoms with van der Waals surface area (Å²) in [5.74, 6) is 1.62. The molecule has 3 aromatic carbocycles. The van der Waals surface area contributed by atoms with E-state index in [4.69, 9.17) is 30.2 Å². The van der Waals surface area contributed by atoms with Crippen molar-refractivity contribution < 1.29 is 18.6 Å². The molecule has 0 aliphatic carbocycles. The third-order valence-electron chi connectivity index (χ3n) is 4.30. The number of ether oxygens (including phenoxy) is 3. The SMILES string of the molecule is COc1ccccc1Oc1coc2cc(OCc3cccc(Cl)c3)ccc2c1=O. The lowest BCUT2D eigenvalue weighted by Crippen LogP contribution is -2.05. The molecule has 4 rings (SSSR count). The summed E-state index contributed by atoms with van der Waals surface area (Å²) in [4.78, 5) is 12.8. The van der Waals surface area contributed by atoms with Gasteiger partial charge in [-0.1, -0.05) is 35.9 Å². The van der Waals surface area contributed by atoms with Crippen LogP contribution >= 0.6 is 11.6 Å². The van der Waals surface area contributed by atoms with Gasteiger partial charge in [-0.15, -0.1) is 0 Å². The number of methoxy groups -OCH3 is 1. The van der Waals surface area contributed by atoms with E-state index >= 15 is 0 Å². The van der Waals surface area contributed by atoms with Crippen LogP contribution in [0.3, 0.4) is 0 Å². The molecule has 4 aromatic rings. The number of para-hydroxylation sites is 2. The second kappa shape index (κ2) is 8.29. The van der Waals surface area contributed by atoms with Crippen LogP contribution in [0.4, 0.5) is 0 Å². The zero-order valence-electron chi connectivity index (χ0n) is 15.6. The first-order valence-corrected chi connectivity index (χ1v) is 9.25. The summed E-state index contributed by atoms with van der Waals surface area (Å²) in [5.41, 5.74) is 1.07. The molecular formula is C23H17ClO5. The van der Waals surface area contributed by atoms with Gasteiger partial charge in [0.15, 0.2) is 11.5 Å². The molecule has 1 heterocycles. The fourth-order valence-corrected chi connectivity index (χ4v) is 3.08. The van der Waals surface area contributed by atoms with Crippen LogP contribution in [0.2, 0.25) is 5.02 Å². The molecule has 1 aromatic heterocycles. The molecule has 0 bridgehead atoms. The van der Waals surface area contributed by atoms with Gasteiger partial charge < -0.3 is 18.6 Å². The highest BCUT2D eigenvalue weighted by molar-refractivity contribution is 6.30. The minimum Gasteiger partial charge on any atom is -0.493 e. The highest BCUT2D eigenvalue weighted by Gasteiger charge is 2.12. The van der Waals surface area contributed by atoms with Gasteiger partial charge in [-0.3, -0.25) is 4.79 Å². The van der Waals surface area contributed by atoms with Crippen LogP contribution in [-0.4, -0.2) is 7.11 Å². The number of rotatable bonds is 6. The van der Waals surface area contributed by atoms with Gasteiger partial charge in [0.2, 0.25) is 11.2 Å². The quantitative estimate of drug-likeness (QED) is 0.402. The summed E-state index contributed by atoms with van der Waals surface area (Å²) in [7, 11) is 1.54. The smallest absolute Gasteiger partial charge is 0.235 e. The molecule has 0 unspecified atom stereocenters. The lowest BCUT2D eigenvalue weighted by molar-refractivity contribution is 0.306. The van der Waals surface area contributed by atoms with Crippen molar-refractivity contribution in [1.29, 1.82) is 0 Å². The highest BCUT2D eigenvalue weighted by atomic mass is 35.5. The average Bonchev–Trinajstić information content (AvgIpc) is 2.74. The van der Waals surface area contributed by atoms with E-state index in [0.29, 0.717) is 39.8 Å². The summed E-state index contributed by atoms with van der Waals surface area (Å²) in [6, 6.07) is 19.6. The van der Waals surface area contributed by atoms with Crippen molar-refractivity contribution in [3.05, 3.63) is 93.8 Å². The number of halogens is 1. The highest BCUT2D eigenvalue weighted by Crippen LogP contribution is 2.30. The molecule has 0 saturated carbocycles. The van der Waals surface area contributed by atoms with E-state index in [2.05, 4.69) is 0 Å². The lowest BCUT2D eigenvalue weighted by atomic mass is 10.2. The van der Waals surface area contributed by atoms with Crippen LogP contribution in [0.5, 0.6) is 23.0 Å². The van der Waals surface area contributed by atoms with E-state index in [9.17, 15) is 4.79 Å². The molecule has 0 atom stereocenters. The molecule has 0 amide bonds. The average molecular weight is 409 g/mol. The van der Waals surface area contributed by atoms with E-state index in [-0.39, 0.29) is 11.2 Å². The van der Waals surface area contributed by atoms with Gasteiger partial charge in [-0.05, 0) is 42.0 Å². The van der Waals surface area contributed by atoms with Gasteiger partial charge in [0.1, 0.15) is 24.2 Å². The Morgan fingerprint density at radius 2 is 1.76 bits per heavy atom. The molecule has 5 nitrogen and oxygen atoms in total. The molecule has 0 aliphatic rings. The maximum Gasteiger partial charge on any atom is 0.235 e. The summed E-state index contributed by atoms with van der Waals surface area (Å²) < 4.78 is 22.4. The van der Waals surface area contributed by atoms with Gasteiger partial charge in [-0.25, -0.2) is 0 Å². The molecule has 6 heteroatoms. The zero-order chi connectivity index (χ0) is 20.2. The summed E-state index contributed by atoms with van der Waals surface area (Å²) in [6.07, 6.45) is 1.29. The molecule has 0 radical (unpaired) electrons. The Labute approximate surface area is 172 Å². The minimum atomic E-state index is -0.279. The first kappa shape index (κ1) is 18.9. The van der Waals surface area contributed by atoms with Crippen LogP contribution in [0.1, 0.15) is 5.56 Å². The monoisotopic (exact) mass is 408 g/mol. The van der Waals surface area contributed by atoms with E-state index in [1.54, 1.807) is 42.5 Å². The zero-order valence-corrected chi connectivity index (χ0v) is 16.3. The summed E-state index contributed by atoms with van der Waals surface area (Å²) in [5, 5.41) is 1.05. The summed E-state index contributed by atoms with van der Waals surface area (Å²) >= 11 is 5.99. The molecule has 146 valence electrons. The van der Waals surface area contributed by atoms with Gasteiger partial charge in [-0.2, -0.15) is 0 Å². The Bertz CT molecular complexity index is 1220. The van der Waals surface area contributed by atoms with Gasteiger partial charge in [0.05, 0.1) is 12.5 Å². The van der Waals surface area contributed by atoms with E-state index in [1.807, 2.05) is 24.3 Å². The molecule has 0 fully saturated rings. The molecule has 0 saturated heterocycles. The summed E-state index contributed by atoms with van der Waals surface area (Å²) in [6.45, 7) is 0.352. The van der Waals surface area contributed by atoms with Crippen molar-refractivity contribution in [3.8, 4) is 23.0 Å². The van der Waals surface area contributed by atoms with Crippen molar-refractivity contribution in [2.24, 2.45) is 0 Å². The van der Waals surface area contributed by atoms with Gasteiger partial charge in [0.25, 0.3) is 0 Å². The number of fused-ring (bicyclic) bond motifs is 1. The predicted molar refractivity (Wildman–Crippen MR) is 111 cm³/mol. The molecular weight excluding hydrogens is 392 g/mol. The Hall–Kier alpha value is -3.44. The normalized spacial score (nSPS) is 10.7. The Morgan fingerprint density at radius 1 is 0.931 bits per heavy atom.